The molecule has 0 unspecified atom stereocenters. The summed E-state index contributed by atoms with van der Waals surface area (Å²) in [6.45, 7) is 7.46. The van der Waals surface area contributed by atoms with Gasteiger partial charge in [-0.15, -0.1) is 13.2 Å². The molecule has 0 N–H and O–H groups in total. The predicted octanol–water partition coefficient (Wildman–Crippen LogP) is -0.223. The lowest BCUT2D eigenvalue weighted by Gasteiger charge is -2.02. The third-order valence-electron chi connectivity index (χ3n) is 1.64. The maximum Gasteiger partial charge on any atom is 0.332 e. The van der Waals surface area contributed by atoms with Gasteiger partial charge < -0.3 is 0 Å². The molecule has 0 aliphatic heterocycles. The van der Waals surface area contributed by atoms with Crippen molar-refractivity contribution in [3.63, 3.8) is 0 Å². The van der Waals surface area contributed by atoms with E-state index in [0.29, 0.717) is 0 Å². The zero-order valence-corrected chi connectivity index (χ0v) is 7.72. The first-order valence-corrected chi connectivity index (χ1v) is 4.09. The van der Waals surface area contributed by atoms with Crippen LogP contribution in [-0.4, -0.2) is 14.3 Å². The molecule has 0 aromatic carbocycles. The molecule has 0 aliphatic carbocycles. The van der Waals surface area contributed by atoms with Crippen molar-refractivity contribution in [3.05, 3.63) is 52.3 Å². The second-order valence-electron chi connectivity index (χ2n) is 2.65. The van der Waals surface area contributed by atoms with Crippen LogP contribution < -0.4 is 11.1 Å². The Morgan fingerprint density at radius 1 is 1.21 bits per heavy atom. The van der Waals surface area contributed by atoms with Gasteiger partial charge in [-0.05, 0) is 0 Å². The van der Waals surface area contributed by atoms with Crippen LogP contribution in [-0.2, 0) is 13.1 Å². The Morgan fingerprint density at radius 3 is 2.43 bits per heavy atom. The number of hydrogen-bond acceptors (Lipinski definition) is 3. The monoisotopic (exact) mass is 193 g/mol. The summed E-state index contributed by atoms with van der Waals surface area (Å²) in [6, 6.07) is 0. The summed E-state index contributed by atoms with van der Waals surface area (Å²) >= 11 is 0. The fraction of sp³-hybridized carbons (Fsp3) is 0.222. The second kappa shape index (κ2) is 4.36. The van der Waals surface area contributed by atoms with E-state index in [2.05, 4.69) is 18.3 Å². The molecule has 5 nitrogen and oxygen atoms in total. The normalized spacial score (nSPS) is 9.71. The van der Waals surface area contributed by atoms with Crippen LogP contribution in [0.4, 0.5) is 0 Å². The molecule has 5 heteroatoms. The van der Waals surface area contributed by atoms with Crippen molar-refractivity contribution >= 4 is 0 Å². The first-order valence-electron chi connectivity index (χ1n) is 4.09. The zero-order valence-electron chi connectivity index (χ0n) is 7.72. The smallest absolute Gasteiger partial charge is 0.289 e. The molecule has 0 aliphatic rings. The maximum absolute atomic E-state index is 11.4. The van der Waals surface area contributed by atoms with Crippen molar-refractivity contribution in [2.75, 3.05) is 0 Å². The highest BCUT2D eigenvalue weighted by Crippen LogP contribution is 1.77. The number of rotatable bonds is 4. The van der Waals surface area contributed by atoms with Crippen molar-refractivity contribution in [3.8, 4) is 0 Å². The summed E-state index contributed by atoms with van der Waals surface area (Å²) < 4.78 is 2.27. The highest BCUT2D eigenvalue weighted by atomic mass is 16.2. The van der Waals surface area contributed by atoms with E-state index in [-0.39, 0.29) is 13.1 Å². The van der Waals surface area contributed by atoms with E-state index < -0.39 is 11.1 Å². The minimum atomic E-state index is -0.644. The van der Waals surface area contributed by atoms with Gasteiger partial charge in [-0.25, -0.2) is 4.68 Å². The van der Waals surface area contributed by atoms with Crippen LogP contribution in [0, 0.1) is 0 Å². The van der Waals surface area contributed by atoms with E-state index in [1.165, 1.54) is 23.0 Å². The summed E-state index contributed by atoms with van der Waals surface area (Å²) in [4.78, 5) is 22.7. The van der Waals surface area contributed by atoms with Gasteiger partial charge in [0.05, 0.1) is 6.54 Å². The predicted molar refractivity (Wildman–Crippen MR) is 53.2 cm³/mol. The Balaban J connectivity index is 3.26. The molecule has 0 amide bonds. The molecular weight excluding hydrogens is 182 g/mol. The minimum Gasteiger partial charge on any atom is -0.289 e. The zero-order chi connectivity index (χ0) is 10.6. The van der Waals surface area contributed by atoms with Crippen molar-refractivity contribution in [2.24, 2.45) is 0 Å². The standard InChI is InChI=1S/C9H11N3O2/c1-3-5-11-7-10-12(6-4-2)9(14)8(11)13/h3-4,7H,1-2,5-6H2. The third-order valence-corrected chi connectivity index (χ3v) is 1.64. The van der Waals surface area contributed by atoms with Gasteiger partial charge in [-0.2, -0.15) is 5.10 Å². The Bertz CT molecular complexity index is 413. The highest BCUT2D eigenvalue weighted by Gasteiger charge is 2.02. The number of nitrogens with zero attached hydrogens (tertiary/aromatic N) is 3. The number of allylic oxidation sites excluding steroid dienone is 2. The van der Waals surface area contributed by atoms with E-state index in [1.807, 2.05) is 0 Å². The lowest BCUT2D eigenvalue weighted by atomic mass is 10.5. The van der Waals surface area contributed by atoms with Crippen LogP contribution >= 0.6 is 0 Å². The van der Waals surface area contributed by atoms with Crippen LogP contribution in [0.15, 0.2) is 41.2 Å². The van der Waals surface area contributed by atoms with E-state index in [0.717, 1.165) is 4.68 Å². The van der Waals surface area contributed by atoms with Gasteiger partial charge in [-0.1, -0.05) is 12.2 Å². The van der Waals surface area contributed by atoms with Crippen LogP contribution in [0.1, 0.15) is 0 Å². The summed E-state index contributed by atoms with van der Waals surface area (Å²) in [5, 5.41) is 3.80. The molecule has 1 aromatic rings. The highest BCUT2D eigenvalue weighted by molar-refractivity contribution is 4.82. The quantitative estimate of drug-likeness (QED) is 0.490. The van der Waals surface area contributed by atoms with Crippen molar-refractivity contribution < 1.29 is 0 Å². The Hall–Kier alpha value is -1.91. The van der Waals surface area contributed by atoms with Crippen molar-refractivity contribution in [2.45, 2.75) is 13.1 Å². The van der Waals surface area contributed by atoms with Gasteiger partial charge in [0.15, 0.2) is 0 Å². The summed E-state index contributed by atoms with van der Waals surface area (Å²) in [5.74, 6) is 0. The Kier molecular flexibility index (Phi) is 3.17. The van der Waals surface area contributed by atoms with Gasteiger partial charge in [0, 0.05) is 6.54 Å². The Labute approximate surface area is 80.6 Å². The molecule has 1 rings (SSSR count). The van der Waals surface area contributed by atoms with Gasteiger partial charge in [0.2, 0.25) is 0 Å². The van der Waals surface area contributed by atoms with Crippen LogP contribution in [0.25, 0.3) is 0 Å². The SMILES string of the molecule is C=CCn1cnn(CC=C)c(=O)c1=O. The van der Waals surface area contributed by atoms with Crippen molar-refractivity contribution in [1.29, 1.82) is 0 Å². The van der Waals surface area contributed by atoms with Gasteiger partial charge in [0.25, 0.3) is 0 Å². The van der Waals surface area contributed by atoms with E-state index in [9.17, 15) is 9.59 Å². The lowest BCUT2D eigenvalue weighted by Crippen LogP contribution is -2.42. The topological polar surface area (TPSA) is 56.9 Å². The Morgan fingerprint density at radius 2 is 1.86 bits per heavy atom. The summed E-state index contributed by atoms with van der Waals surface area (Å²) in [5.41, 5.74) is -1.24. The fourth-order valence-corrected chi connectivity index (χ4v) is 0.984. The van der Waals surface area contributed by atoms with Crippen LogP contribution in [0.5, 0.6) is 0 Å². The molecular formula is C9H11N3O2. The fourth-order valence-electron chi connectivity index (χ4n) is 0.984. The molecule has 0 spiro atoms. The van der Waals surface area contributed by atoms with Crippen LogP contribution in [0.3, 0.4) is 0 Å². The molecule has 0 saturated heterocycles. The summed E-state index contributed by atoms with van der Waals surface area (Å²) in [6.07, 6.45) is 4.35. The van der Waals surface area contributed by atoms with E-state index >= 15 is 0 Å². The first kappa shape index (κ1) is 10.2. The second-order valence-corrected chi connectivity index (χ2v) is 2.65. The average Bonchev–Trinajstić information content (AvgIpc) is 2.18. The maximum atomic E-state index is 11.4. The molecule has 1 heterocycles. The van der Waals surface area contributed by atoms with Gasteiger partial charge in [-0.3, -0.25) is 14.2 Å². The van der Waals surface area contributed by atoms with E-state index in [4.69, 9.17) is 0 Å². The van der Waals surface area contributed by atoms with Crippen LogP contribution in [0.2, 0.25) is 0 Å². The molecule has 14 heavy (non-hydrogen) atoms. The lowest BCUT2D eigenvalue weighted by molar-refractivity contribution is 0.581. The largest absolute Gasteiger partial charge is 0.332 e. The first-order chi connectivity index (χ1) is 6.70. The van der Waals surface area contributed by atoms with Gasteiger partial charge in [0.1, 0.15) is 6.33 Å². The molecule has 0 bridgehead atoms. The molecule has 0 saturated carbocycles. The average molecular weight is 193 g/mol. The molecule has 0 radical (unpaired) electrons. The molecule has 0 fully saturated rings. The van der Waals surface area contributed by atoms with Gasteiger partial charge >= 0.3 is 11.1 Å². The molecule has 74 valence electrons. The summed E-state index contributed by atoms with van der Waals surface area (Å²) in [7, 11) is 0. The molecule has 0 atom stereocenters. The number of aromatic nitrogens is 3. The van der Waals surface area contributed by atoms with Crippen molar-refractivity contribution in [1.82, 2.24) is 14.3 Å². The molecule has 1 aromatic heterocycles. The third kappa shape index (κ3) is 1.87. The van der Waals surface area contributed by atoms with E-state index in [1.54, 1.807) is 0 Å². The minimum absolute atomic E-state index is 0.239. The number of hydrogen-bond donors (Lipinski definition) is 0.